The van der Waals surface area contributed by atoms with Crippen LogP contribution in [0.25, 0.3) is 10.8 Å². The molecule has 1 atom stereocenters. The number of hydrogen-bond donors (Lipinski definition) is 3. The van der Waals surface area contributed by atoms with Crippen LogP contribution in [0.5, 0.6) is 0 Å². The highest BCUT2D eigenvalue weighted by Gasteiger charge is 2.38. The number of ketones is 1. The molecule has 1 aliphatic rings. The number of rotatable bonds is 15. The second-order valence-corrected chi connectivity index (χ2v) is 16.9. The number of nitrogens with one attached hydrogen (secondary N) is 2. The number of halogens is 4. The Labute approximate surface area is 343 Å². The molecule has 2 heterocycles. The Hall–Kier alpha value is -5.96. The summed E-state index contributed by atoms with van der Waals surface area (Å²) >= 11 is 0. The molecule has 5 aromatic rings. The number of aliphatic hydroxyl groups is 1. The van der Waals surface area contributed by atoms with Crippen molar-refractivity contribution in [2.45, 2.75) is 49.3 Å². The van der Waals surface area contributed by atoms with Gasteiger partial charge in [-0.05, 0) is 92.0 Å². The van der Waals surface area contributed by atoms with E-state index in [9.17, 15) is 45.5 Å². The minimum atomic E-state index is -4.84. The number of carbonyl (C=O) groups excluding carboxylic acids is 2. The van der Waals surface area contributed by atoms with Gasteiger partial charge in [0.1, 0.15) is 11.4 Å². The van der Waals surface area contributed by atoms with Crippen molar-refractivity contribution in [3.8, 4) is 6.07 Å². The zero-order chi connectivity index (χ0) is 43.2. The monoisotopic (exact) mass is 846 g/mol. The molecule has 1 unspecified atom stereocenters. The van der Waals surface area contributed by atoms with Crippen LogP contribution in [0.2, 0.25) is 0 Å². The topological polar surface area (TPSA) is 177 Å². The van der Waals surface area contributed by atoms with Crippen molar-refractivity contribution in [3.63, 3.8) is 0 Å². The summed E-state index contributed by atoms with van der Waals surface area (Å²) in [5.41, 5.74) is -2.76. The van der Waals surface area contributed by atoms with Crippen LogP contribution in [0.4, 0.5) is 23.2 Å². The number of carbonyl (C=O) groups is 2. The van der Waals surface area contributed by atoms with E-state index >= 15 is 0 Å². The minimum Gasteiger partial charge on any atom is -0.385 e. The Bertz CT molecular complexity index is 2600. The summed E-state index contributed by atoms with van der Waals surface area (Å²) in [6.45, 7) is 4.47. The number of anilines is 1. The molecule has 17 heteroatoms. The summed E-state index contributed by atoms with van der Waals surface area (Å²) in [6.07, 6.45) is -3.60. The van der Waals surface area contributed by atoms with Crippen molar-refractivity contribution < 1.29 is 40.7 Å². The number of amides is 1. The van der Waals surface area contributed by atoms with E-state index in [4.69, 9.17) is 5.26 Å². The minimum absolute atomic E-state index is 0.0157. The molecule has 0 radical (unpaired) electrons. The van der Waals surface area contributed by atoms with E-state index in [1.807, 2.05) is 6.07 Å². The molecular formula is C43H42F4N6O6S. The number of sulfone groups is 1. The third-order valence-corrected chi connectivity index (χ3v) is 12.4. The number of H-pyrrole nitrogens is 1. The van der Waals surface area contributed by atoms with Crippen LogP contribution < -0.4 is 10.9 Å². The van der Waals surface area contributed by atoms with Crippen LogP contribution in [0.15, 0.2) is 94.6 Å². The van der Waals surface area contributed by atoms with Crippen molar-refractivity contribution in [1.82, 2.24) is 20.0 Å². The number of nitrogens with zero attached hydrogens (tertiary/aromatic N) is 4. The van der Waals surface area contributed by atoms with Gasteiger partial charge in [-0.15, -0.1) is 0 Å². The van der Waals surface area contributed by atoms with Gasteiger partial charge in [0, 0.05) is 56.6 Å². The first-order valence-electron chi connectivity index (χ1n) is 19.1. The van der Waals surface area contributed by atoms with Crippen LogP contribution in [-0.4, -0.2) is 95.8 Å². The number of piperazine rings is 1. The molecule has 0 spiro atoms. The van der Waals surface area contributed by atoms with Crippen LogP contribution in [-0.2, 0) is 33.6 Å². The first-order chi connectivity index (χ1) is 28.4. The smallest absolute Gasteiger partial charge is 0.385 e. The normalized spacial score (nSPS) is 14.7. The number of unbranched alkanes of at least 4 members (excludes halogenated alkanes) is 1. The maximum absolute atomic E-state index is 14.9. The third-order valence-electron chi connectivity index (χ3n) is 10.5. The number of benzene rings is 4. The molecule has 314 valence electrons. The first-order valence-corrected chi connectivity index (χ1v) is 20.8. The average molecular weight is 847 g/mol. The van der Waals surface area contributed by atoms with Gasteiger partial charge in [0.25, 0.3) is 11.5 Å². The van der Waals surface area contributed by atoms with E-state index in [1.54, 1.807) is 47.4 Å². The highest BCUT2D eigenvalue weighted by Crippen LogP contribution is 2.33. The van der Waals surface area contributed by atoms with Gasteiger partial charge >= 0.3 is 6.18 Å². The summed E-state index contributed by atoms with van der Waals surface area (Å²) in [5, 5.41) is 30.9. The second-order valence-electron chi connectivity index (χ2n) is 15.0. The number of aromatic amines is 1. The Balaban J connectivity index is 0.929. The zero-order valence-corrected chi connectivity index (χ0v) is 33.4. The van der Waals surface area contributed by atoms with E-state index < -0.39 is 56.5 Å². The lowest BCUT2D eigenvalue weighted by molar-refractivity contribution is -0.138. The SMILES string of the molecule is CC(O)(CS(=O)(=O)c1ccc(NCCCCN2CCN(C(=O)c3cc(Cc4n[nH]c(=O)c5ccccc45)ccc3F)CC2)cc1)C(=O)Cc1ccc(C#N)c(C(F)(F)F)c1. The lowest BCUT2D eigenvalue weighted by Crippen LogP contribution is -2.49. The summed E-state index contributed by atoms with van der Waals surface area (Å²) in [6, 6.07) is 21.5. The molecule has 0 aliphatic carbocycles. The number of Topliss-reactive ketones (excluding diaryl/α,β-unsaturated/α-hetero) is 1. The van der Waals surface area contributed by atoms with Crippen LogP contribution in [0, 0.1) is 17.1 Å². The largest absolute Gasteiger partial charge is 0.417 e. The van der Waals surface area contributed by atoms with Crippen molar-refractivity contribution in [1.29, 1.82) is 5.26 Å². The average Bonchev–Trinajstić information content (AvgIpc) is 3.22. The van der Waals surface area contributed by atoms with E-state index in [2.05, 4.69) is 20.4 Å². The number of nitriles is 1. The summed E-state index contributed by atoms with van der Waals surface area (Å²) in [5.74, 6) is -2.99. The first kappa shape index (κ1) is 43.6. The van der Waals surface area contributed by atoms with E-state index in [0.29, 0.717) is 72.9 Å². The third kappa shape index (κ3) is 10.4. The van der Waals surface area contributed by atoms with Gasteiger partial charge in [-0.1, -0.05) is 30.3 Å². The van der Waals surface area contributed by atoms with Crippen LogP contribution >= 0.6 is 0 Å². The van der Waals surface area contributed by atoms with Gasteiger partial charge in [0.2, 0.25) is 0 Å². The predicted octanol–water partition coefficient (Wildman–Crippen LogP) is 5.53. The molecule has 1 aliphatic heterocycles. The zero-order valence-electron chi connectivity index (χ0n) is 32.6. The second kappa shape index (κ2) is 18.1. The highest BCUT2D eigenvalue weighted by molar-refractivity contribution is 7.91. The molecule has 0 bridgehead atoms. The Morgan fingerprint density at radius 2 is 1.62 bits per heavy atom. The van der Waals surface area contributed by atoms with Crippen molar-refractivity contribution in [3.05, 3.63) is 135 Å². The van der Waals surface area contributed by atoms with Gasteiger partial charge < -0.3 is 15.3 Å². The Morgan fingerprint density at radius 1 is 0.933 bits per heavy atom. The van der Waals surface area contributed by atoms with E-state index in [1.165, 1.54) is 24.3 Å². The number of aromatic nitrogens is 2. The van der Waals surface area contributed by atoms with Crippen molar-refractivity contribution in [2.24, 2.45) is 0 Å². The lowest BCUT2D eigenvalue weighted by atomic mass is 9.94. The molecule has 0 saturated carbocycles. The van der Waals surface area contributed by atoms with E-state index in [0.717, 1.165) is 38.4 Å². The number of alkyl halides is 3. The quantitative estimate of drug-likeness (QED) is 0.0898. The highest BCUT2D eigenvalue weighted by atomic mass is 32.2. The molecule has 3 N–H and O–H groups in total. The van der Waals surface area contributed by atoms with Gasteiger partial charge in [0.15, 0.2) is 15.6 Å². The molecule has 4 aromatic carbocycles. The predicted molar refractivity (Wildman–Crippen MR) is 216 cm³/mol. The molecule has 60 heavy (non-hydrogen) atoms. The number of fused-ring (bicyclic) bond motifs is 1. The molecule has 1 aromatic heterocycles. The summed E-state index contributed by atoms with van der Waals surface area (Å²) < 4.78 is 81.3. The van der Waals surface area contributed by atoms with Gasteiger partial charge in [-0.25, -0.2) is 17.9 Å². The van der Waals surface area contributed by atoms with Crippen LogP contribution in [0.1, 0.15) is 58.1 Å². The van der Waals surface area contributed by atoms with E-state index in [-0.39, 0.29) is 27.5 Å². The Morgan fingerprint density at radius 3 is 2.30 bits per heavy atom. The molecule has 1 amide bonds. The van der Waals surface area contributed by atoms with Crippen molar-refractivity contribution in [2.75, 3.05) is 50.3 Å². The maximum Gasteiger partial charge on any atom is 0.417 e. The lowest BCUT2D eigenvalue weighted by Gasteiger charge is -2.35. The van der Waals surface area contributed by atoms with Gasteiger partial charge in [-0.3, -0.25) is 19.3 Å². The fourth-order valence-corrected chi connectivity index (χ4v) is 8.73. The molecule has 1 fully saturated rings. The summed E-state index contributed by atoms with van der Waals surface area (Å²) in [7, 11) is -4.19. The van der Waals surface area contributed by atoms with Crippen LogP contribution in [0.3, 0.4) is 0 Å². The number of hydrogen-bond acceptors (Lipinski definition) is 10. The van der Waals surface area contributed by atoms with Gasteiger partial charge in [-0.2, -0.15) is 23.5 Å². The fourth-order valence-electron chi connectivity index (χ4n) is 7.11. The molecular weight excluding hydrogens is 805 g/mol. The fraction of sp³-hybridized carbons (Fsp3) is 0.326. The van der Waals surface area contributed by atoms with Gasteiger partial charge in [0.05, 0.1) is 44.5 Å². The molecule has 6 rings (SSSR count). The standard InChI is InChI=1S/C43H42F4N6O6S/c1-42(57,39(54)25-29-8-10-30(26-48)36(23-29)43(45,46)47)27-60(58,59)32-13-11-31(12-14-32)49-16-4-5-17-52-18-20-53(21-19-52)41(56)35-22-28(9-15-37(35)44)24-38-33-6-2-3-7-34(33)40(55)51-50-38/h2-3,6-15,22-23,49,57H,4-5,16-21,24-25,27H2,1H3,(H,51,55). The Kier molecular flexibility index (Phi) is 13.2. The van der Waals surface area contributed by atoms with Crippen molar-refractivity contribution >= 4 is 38.0 Å². The maximum atomic E-state index is 14.9. The summed E-state index contributed by atoms with van der Waals surface area (Å²) in [4.78, 5) is 42.2. The molecule has 1 saturated heterocycles. The molecule has 12 nitrogen and oxygen atoms in total.